The molecule has 0 spiro atoms. The number of carbonyl (C=O) groups is 1. The van der Waals surface area contributed by atoms with Crippen molar-refractivity contribution in [3.63, 3.8) is 0 Å². The van der Waals surface area contributed by atoms with Crippen LogP contribution in [0.25, 0.3) is 0 Å². The van der Waals surface area contributed by atoms with E-state index in [0.29, 0.717) is 43.6 Å². The molecule has 0 saturated carbocycles. The Labute approximate surface area is 115 Å². The van der Waals surface area contributed by atoms with Crippen LogP contribution in [0.3, 0.4) is 0 Å². The number of alkyl halides is 1. The Balaban J connectivity index is 2.22. The molecule has 0 saturated heterocycles. The molecule has 0 radical (unpaired) electrons. The molecule has 1 aromatic rings. The van der Waals surface area contributed by atoms with Crippen molar-refractivity contribution in [1.82, 2.24) is 5.16 Å². The zero-order chi connectivity index (χ0) is 13.4. The van der Waals surface area contributed by atoms with Gasteiger partial charge in [-0.1, -0.05) is 29.8 Å². The van der Waals surface area contributed by atoms with Gasteiger partial charge in [0.15, 0.2) is 0 Å². The standard InChI is InChI=1S/C12H18BrNO4/c1-9(2)7-12(15)17-5-3-10-8-11(14-18-10)16-6-4-13/h8-9H,3-7H2,1-2H3. The molecule has 0 atom stereocenters. The zero-order valence-corrected chi connectivity index (χ0v) is 12.2. The minimum Gasteiger partial charge on any atom is -0.475 e. The van der Waals surface area contributed by atoms with Crippen molar-refractivity contribution in [3.8, 4) is 5.88 Å². The van der Waals surface area contributed by atoms with Gasteiger partial charge in [-0.2, -0.15) is 0 Å². The Morgan fingerprint density at radius 1 is 1.50 bits per heavy atom. The summed E-state index contributed by atoms with van der Waals surface area (Å²) in [5.74, 6) is 1.24. The molecule has 0 aliphatic carbocycles. The molecule has 0 aromatic carbocycles. The summed E-state index contributed by atoms with van der Waals surface area (Å²) in [6, 6.07) is 1.71. The van der Waals surface area contributed by atoms with Gasteiger partial charge in [-0.3, -0.25) is 4.79 Å². The van der Waals surface area contributed by atoms with Crippen molar-refractivity contribution < 1.29 is 18.8 Å². The Bertz CT molecular complexity index is 365. The molecule has 0 N–H and O–H groups in total. The number of nitrogens with zero attached hydrogens (tertiary/aromatic N) is 1. The van der Waals surface area contributed by atoms with E-state index in [0.717, 1.165) is 5.33 Å². The minimum atomic E-state index is -0.180. The van der Waals surface area contributed by atoms with Crippen LogP contribution >= 0.6 is 15.9 Å². The van der Waals surface area contributed by atoms with Crippen LogP contribution in [0.15, 0.2) is 10.6 Å². The maximum absolute atomic E-state index is 11.3. The summed E-state index contributed by atoms with van der Waals surface area (Å²) in [6.07, 6.45) is 0.949. The van der Waals surface area contributed by atoms with Crippen LogP contribution in [-0.2, 0) is 16.0 Å². The summed E-state index contributed by atoms with van der Waals surface area (Å²) in [7, 11) is 0. The SMILES string of the molecule is CC(C)CC(=O)OCCc1cc(OCCBr)no1. The molecule has 1 heterocycles. The first-order valence-electron chi connectivity index (χ1n) is 5.91. The quantitative estimate of drug-likeness (QED) is 0.544. The lowest BCUT2D eigenvalue weighted by molar-refractivity contribution is -0.144. The third-order valence-corrected chi connectivity index (χ3v) is 2.37. The molecule has 1 aromatic heterocycles. The van der Waals surface area contributed by atoms with E-state index in [2.05, 4.69) is 21.1 Å². The van der Waals surface area contributed by atoms with E-state index in [1.165, 1.54) is 0 Å². The van der Waals surface area contributed by atoms with E-state index >= 15 is 0 Å². The summed E-state index contributed by atoms with van der Waals surface area (Å²) in [6.45, 7) is 4.80. The molecular weight excluding hydrogens is 302 g/mol. The highest BCUT2D eigenvalue weighted by atomic mass is 79.9. The van der Waals surface area contributed by atoms with Crippen LogP contribution in [0.4, 0.5) is 0 Å². The number of aromatic nitrogens is 1. The summed E-state index contributed by atoms with van der Waals surface area (Å²) in [4.78, 5) is 11.3. The van der Waals surface area contributed by atoms with E-state index in [4.69, 9.17) is 14.0 Å². The monoisotopic (exact) mass is 319 g/mol. The van der Waals surface area contributed by atoms with Crippen LogP contribution in [0, 0.1) is 5.92 Å². The lowest BCUT2D eigenvalue weighted by Gasteiger charge is -2.04. The molecule has 0 aliphatic rings. The van der Waals surface area contributed by atoms with Gasteiger partial charge in [-0.15, -0.1) is 0 Å². The average Bonchev–Trinajstić information content (AvgIpc) is 2.73. The van der Waals surface area contributed by atoms with E-state index in [1.807, 2.05) is 13.8 Å². The Kier molecular flexibility index (Phi) is 6.78. The van der Waals surface area contributed by atoms with E-state index in [-0.39, 0.29) is 5.97 Å². The number of esters is 1. The summed E-state index contributed by atoms with van der Waals surface area (Å²) < 4.78 is 15.4. The molecule has 102 valence electrons. The number of halogens is 1. The first-order valence-corrected chi connectivity index (χ1v) is 7.04. The van der Waals surface area contributed by atoms with Crippen molar-refractivity contribution in [2.45, 2.75) is 26.7 Å². The van der Waals surface area contributed by atoms with Gasteiger partial charge in [-0.25, -0.2) is 0 Å². The van der Waals surface area contributed by atoms with Gasteiger partial charge in [0.2, 0.25) is 0 Å². The van der Waals surface area contributed by atoms with Crippen LogP contribution in [0.1, 0.15) is 26.0 Å². The smallest absolute Gasteiger partial charge is 0.306 e. The summed E-state index contributed by atoms with van der Waals surface area (Å²) >= 11 is 3.25. The second-order valence-electron chi connectivity index (χ2n) is 4.24. The van der Waals surface area contributed by atoms with Gasteiger partial charge in [-0.05, 0) is 11.1 Å². The Morgan fingerprint density at radius 2 is 2.28 bits per heavy atom. The first-order chi connectivity index (χ1) is 8.61. The fourth-order valence-electron chi connectivity index (χ4n) is 1.28. The molecule has 0 unspecified atom stereocenters. The normalized spacial score (nSPS) is 10.7. The van der Waals surface area contributed by atoms with E-state index < -0.39 is 0 Å². The lowest BCUT2D eigenvalue weighted by Crippen LogP contribution is -2.09. The van der Waals surface area contributed by atoms with Gasteiger partial charge in [0.1, 0.15) is 5.76 Å². The molecule has 1 rings (SSSR count). The Morgan fingerprint density at radius 3 is 2.94 bits per heavy atom. The van der Waals surface area contributed by atoms with Gasteiger partial charge in [0.25, 0.3) is 5.88 Å². The third-order valence-electron chi connectivity index (χ3n) is 2.05. The van der Waals surface area contributed by atoms with Gasteiger partial charge in [0.05, 0.1) is 13.2 Å². The fourth-order valence-corrected chi connectivity index (χ4v) is 1.44. The topological polar surface area (TPSA) is 61.6 Å². The number of ether oxygens (including phenoxy) is 2. The third kappa shape index (κ3) is 6.05. The molecule has 0 amide bonds. The van der Waals surface area contributed by atoms with Crippen LogP contribution in [0.2, 0.25) is 0 Å². The van der Waals surface area contributed by atoms with Crippen molar-refractivity contribution in [2.75, 3.05) is 18.5 Å². The van der Waals surface area contributed by atoms with Crippen LogP contribution in [0.5, 0.6) is 5.88 Å². The average molecular weight is 320 g/mol. The van der Waals surface area contributed by atoms with Crippen molar-refractivity contribution >= 4 is 21.9 Å². The minimum absolute atomic E-state index is 0.180. The molecule has 0 fully saturated rings. The number of hydrogen-bond acceptors (Lipinski definition) is 5. The number of hydrogen-bond donors (Lipinski definition) is 0. The van der Waals surface area contributed by atoms with Gasteiger partial charge >= 0.3 is 5.97 Å². The van der Waals surface area contributed by atoms with Gasteiger partial charge in [0, 0.05) is 24.2 Å². The maximum Gasteiger partial charge on any atom is 0.306 e. The zero-order valence-electron chi connectivity index (χ0n) is 10.6. The number of carbonyl (C=O) groups excluding carboxylic acids is 1. The largest absolute Gasteiger partial charge is 0.475 e. The summed E-state index contributed by atoms with van der Waals surface area (Å²) in [5.41, 5.74) is 0. The van der Waals surface area contributed by atoms with Crippen molar-refractivity contribution in [1.29, 1.82) is 0 Å². The number of rotatable bonds is 8. The lowest BCUT2D eigenvalue weighted by atomic mass is 10.1. The molecule has 6 heteroatoms. The fraction of sp³-hybridized carbons (Fsp3) is 0.667. The van der Waals surface area contributed by atoms with Crippen LogP contribution in [-0.4, -0.2) is 29.7 Å². The van der Waals surface area contributed by atoms with Gasteiger partial charge < -0.3 is 14.0 Å². The predicted octanol–water partition coefficient (Wildman–Crippen LogP) is 2.58. The molecule has 0 bridgehead atoms. The molecule has 18 heavy (non-hydrogen) atoms. The Hall–Kier alpha value is -1.04. The van der Waals surface area contributed by atoms with Crippen LogP contribution < -0.4 is 4.74 Å². The highest BCUT2D eigenvalue weighted by Gasteiger charge is 2.08. The molecule has 5 nitrogen and oxygen atoms in total. The summed E-state index contributed by atoms with van der Waals surface area (Å²) in [5, 5.41) is 4.48. The first kappa shape index (κ1) is 15.0. The van der Waals surface area contributed by atoms with E-state index in [1.54, 1.807) is 6.07 Å². The molecule has 0 aliphatic heterocycles. The van der Waals surface area contributed by atoms with Crippen molar-refractivity contribution in [3.05, 3.63) is 11.8 Å². The second-order valence-corrected chi connectivity index (χ2v) is 5.03. The predicted molar refractivity (Wildman–Crippen MR) is 69.9 cm³/mol. The highest BCUT2D eigenvalue weighted by molar-refractivity contribution is 9.09. The second kappa shape index (κ2) is 8.13. The van der Waals surface area contributed by atoms with Crippen molar-refractivity contribution in [2.24, 2.45) is 5.92 Å². The maximum atomic E-state index is 11.3. The highest BCUT2D eigenvalue weighted by Crippen LogP contribution is 2.12. The molecular formula is C12H18BrNO4. The van der Waals surface area contributed by atoms with E-state index in [9.17, 15) is 4.79 Å².